The predicted molar refractivity (Wildman–Crippen MR) is 94.5 cm³/mol. The van der Waals surface area contributed by atoms with E-state index < -0.39 is 24.6 Å². The summed E-state index contributed by atoms with van der Waals surface area (Å²) < 4.78 is 11.2. The topological polar surface area (TPSA) is 95.7 Å². The van der Waals surface area contributed by atoms with Crippen molar-refractivity contribution >= 4 is 33.6 Å². The second-order valence-electron chi connectivity index (χ2n) is 5.15. The van der Waals surface area contributed by atoms with Gasteiger partial charge in [0.15, 0.2) is 12.7 Å². The third-order valence-corrected chi connectivity index (χ3v) is 3.83. The quantitative estimate of drug-likeness (QED) is 0.564. The van der Waals surface area contributed by atoms with Gasteiger partial charge in [-0.3, -0.25) is 9.59 Å². The Hall–Kier alpha value is -2.67. The molecule has 0 aromatic heterocycles. The molecule has 130 valence electrons. The predicted octanol–water partition coefficient (Wildman–Crippen LogP) is 2.74. The van der Waals surface area contributed by atoms with Crippen LogP contribution in [0.2, 0.25) is 0 Å². The van der Waals surface area contributed by atoms with Crippen LogP contribution in [0.5, 0.6) is 5.75 Å². The number of hydrogen-bond donors (Lipinski definition) is 1. The standard InChI is InChI=1S/C18H16BrNO5/c1-11(17(22)12-6-8-13(19)9-7-12)25-16(21)10-24-15-5-3-2-4-14(15)18(20)23/h2-9,11H,10H2,1H3,(H2,20,23)/t11-/m0/s1. The van der Waals surface area contributed by atoms with E-state index >= 15 is 0 Å². The van der Waals surface area contributed by atoms with Crippen molar-refractivity contribution in [1.82, 2.24) is 0 Å². The van der Waals surface area contributed by atoms with Gasteiger partial charge in [-0.05, 0) is 31.2 Å². The fourth-order valence-electron chi connectivity index (χ4n) is 2.07. The zero-order chi connectivity index (χ0) is 18.4. The molecule has 0 spiro atoms. The number of primary amides is 1. The minimum atomic E-state index is -0.955. The summed E-state index contributed by atoms with van der Waals surface area (Å²) >= 11 is 3.28. The summed E-state index contributed by atoms with van der Waals surface area (Å²) in [6.07, 6.45) is -0.955. The first kappa shape index (κ1) is 18.7. The summed E-state index contributed by atoms with van der Waals surface area (Å²) in [5, 5.41) is 0. The first-order chi connectivity index (χ1) is 11.9. The maximum Gasteiger partial charge on any atom is 0.344 e. The van der Waals surface area contributed by atoms with Gasteiger partial charge < -0.3 is 15.2 Å². The number of esters is 1. The van der Waals surface area contributed by atoms with Gasteiger partial charge in [-0.2, -0.15) is 0 Å². The van der Waals surface area contributed by atoms with Gasteiger partial charge in [0.2, 0.25) is 5.78 Å². The lowest BCUT2D eigenvalue weighted by molar-refractivity contribution is -0.148. The van der Waals surface area contributed by atoms with Gasteiger partial charge in [0.1, 0.15) is 5.75 Å². The highest BCUT2D eigenvalue weighted by atomic mass is 79.9. The van der Waals surface area contributed by atoms with Gasteiger partial charge in [0.05, 0.1) is 5.56 Å². The van der Waals surface area contributed by atoms with E-state index in [1.165, 1.54) is 19.1 Å². The van der Waals surface area contributed by atoms with Crippen LogP contribution in [0.15, 0.2) is 53.0 Å². The average molecular weight is 406 g/mol. The van der Waals surface area contributed by atoms with E-state index in [1.54, 1.807) is 36.4 Å². The van der Waals surface area contributed by atoms with E-state index in [2.05, 4.69) is 15.9 Å². The van der Waals surface area contributed by atoms with Crippen LogP contribution in [-0.4, -0.2) is 30.4 Å². The van der Waals surface area contributed by atoms with Gasteiger partial charge >= 0.3 is 5.97 Å². The minimum absolute atomic E-state index is 0.161. The number of nitrogens with two attached hydrogens (primary N) is 1. The molecule has 0 saturated carbocycles. The molecule has 0 unspecified atom stereocenters. The van der Waals surface area contributed by atoms with Crippen molar-refractivity contribution in [3.63, 3.8) is 0 Å². The molecule has 2 aromatic rings. The van der Waals surface area contributed by atoms with Crippen molar-refractivity contribution in [2.45, 2.75) is 13.0 Å². The molecule has 0 aliphatic rings. The van der Waals surface area contributed by atoms with Gasteiger partial charge in [0, 0.05) is 10.0 Å². The minimum Gasteiger partial charge on any atom is -0.481 e. The lowest BCUT2D eigenvalue weighted by Gasteiger charge is -2.13. The molecule has 1 amide bonds. The van der Waals surface area contributed by atoms with Crippen LogP contribution in [0.4, 0.5) is 0 Å². The summed E-state index contributed by atoms with van der Waals surface area (Å²) in [7, 11) is 0. The van der Waals surface area contributed by atoms with E-state index in [-0.39, 0.29) is 17.1 Å². The number of carbonyl (C=O) groups is 3. The molecule has 0 fully saturated rings. The maximum atomic E-state index is 12.2. The molecule has 0 heterocycles. The van der Waals surface area contributed by atoms with E-state index in [9.17, 15) is 14.4 Å². The number of halogens is 1. The number of benzene rings is 2. The SMILES string of the molecule is C[C@H](OC(=O)COc1ccccc1C(N)=O)C(=O)c1ccc(Br)cc1. The Bertz CT molecular complexity index is 788. The van der Waals surface area contributed by atoms with E-state index in [1.807, 2.05) is 0 Å². The number of para-hydroxylation sites is 1. The van der Waals surface area contributed by atoms with Crippen molar-refractivity contribution in [2.24, 2.45) is 5.73 Å². The van der Waals surface area contributed by atoms with Crippen LogP contribution in [0.3, 0.4) is 0 Å². The number of carbonyl (C=O) groups excluding carboxylic acids is 3. The van der Waals surface area contributed by atoms with Crippen LogP contribution in [0.1, 0.15) is 27.6 Å². The monoisotopic (exact) mass is 405 g/mol. The fourth-order valence-corrected chi connectivity index (χ4v) is 2.33. The molecule has 0 aliphatic heterocycles. The number of ketones is 1. The molecular formula is C18H16BrNO5. The largest absolute Gasteiger partial charge is 0.481 e. The number of hydrogen-bond acceptors (Lipinski definition) is 5. The molecule has 25 heavy (non-hydrogen) atoms. The Morgan fingerprint density at radius 1 is 1.08 bits per heavy atom. The summed E-state index contributed by atoms with van der Waals surface area (Å²) in [6, 6.07) is 13.0. The van der Waals surface area contributed by atoms with Crippen LogP contribution >= 0.6 is 15.9 Å². The summed E-state index contributed by atoms with van der Waals surface area (Å²) in [6.45, 7) is 1.04. The Morgan fingerprint density at radius 2 is 1.72 bits per heavy atom. The van der Waals surface area contributed by atoms with Crippen molar-refractivity contribution in [1.29, 1.82) is 0 Å². The Labute approximate surface area is 153 Å². The molecule has 2 N–H and O–H groups in total. The van der Waals surface area contributed by atoms with Crippen molar-refractivity contribution in [3.8, 4) is 5.75 Å². The van der Waals surface area contributed by atoms with Gasteiger partial charge in [-0.1, -0.05) is 40.2 Å². The van der Waals surface area contributed by atoms with Crippen LogP contribution in [0.25, 0.3) is 0 Å². The highest BCUT2D eigenvalue weighted by Crippen LogP contribution is 2.17. The molecule has 2 aromatic carbocycles. The zero-order valence-corrected chi connectivity index (χ0v) is 15.0. The van der Waals surface area contributed by atoms with E-state index in [0.29, 0.717) is 5.56 Å². The van der Waals surface area contributed by atoms with Crippen molar-refractivity contribution in [3.05, 3.63) is 64.1 Å². The van der Waals surface area contributed by atoms with Crippen LogP contribution < -0.4 is 10.5 Å². The highest BCUT2D eigenvalue weighted by Gasteiger charge is 2.20. The lowest BCUT2D eigenvalue weighted by Crippen LogP contribution is -2.27. The smallest absolute Gasteiger partial charge is 0.344 e. The zero-order valence-electron chi connectivity index (χ0n) is 13.4. The van der Waals surface area contributed by atoms with Gasteiger partial charge in [-0.15, -0.1) is 0 Å². The number of Topliss-reactive ketones (excluding diaryl/α,β-unsaturated/α-hetero) is 1. The molecule has 0 saturated heterocycles. The Balaban J connectivity index is 1.93. The third kappa shape index (κ3) is 5.15. The van der Waals surface area contributed by atoms with Crippen LogP contribution in [0, 0.1) is 0 Å². The second kappa shape index (κ2) is 8.43. The van der Waals surface area contributed by atoms with Gasteiger partial charge in [-0.25, -0.2) is 4.79 Å². The Kier molecular flexibility index (Phi) is 6.30. The average Bonchev–Trinajstić information content (AvgIpc) is 2.60. The molecule has 2 rings (SSSR count). The molecule has 6 nitrogen and oxygen atoms in total. The van der Waals surface area contributed by atoms with Crippen LogP contribution in [-0.2, 0) is 9.53 Å². The number of ether oxygens (including phenoxy) is 2. The molecule has 0 radical (unpaired) electrons. The number of rotatable bonds is 7. The lowest BCUT2D eigenvalue weighted by atomic mass is 10.1. The molecule has 1 atom stereocenters. The van der Waals surface area contributed by atoms with E-state index in [0.717, 1.165) is 4.47 Å². The normalized spacial score (nSPS) is 11.4. The first-order valence-corrected chi connectivity index (χ1v) is 8.18. The summed E-state index contributed by atoms with van der Waals surface area (Å²) in [4.78, 5) is 35.4. The second-order valence-corrected chi connectivity index (χ2v) is 6.07. The Morgan fingerprint density at radius 3 is 2.36 bits per heavy atom. The van der Waals surface area contributed by atoms with Gasteiger partial charge in [0.25, 0.3) is 5.91 Å². The summed E-state index contributed by atoms with van der Waals surface area (Å²) in [5.41, 5.74) is 5.83. The molecule has 7 heteroatoms. The first-order valence-electron chi connectivity index (χ1n) is 7.39. The number of amides is 1. The third-order valence-electron chi connectivity index (χ3n) is 3.30. The molecule has 0 aliphatic carbocycles. The fraction of sp³-hybridized carbons (Fsp3) is 0.167. The van der Waals surface area contributed by atoms with E-state index in [4.69, 9.17) is 15.2 Å². The van der Waals surface area contributed by atoms with Crippen molar-refractivity contribution < 1.29 is 23.9 Å². The maximum absolute atomic E-state index is 12.2. The molecule has 0 bridgehead atoms. The highest BCUT2D eigenvalue weighted by molar-refractivity contribution is 9.10. The molecular weight excluding hydrogens is 390 g/mol. The summed E-state index contributed by atoms with van der Waals surface area (Å²) in [5.74, 6) is -1.53. The van der Waals surface area contributed by atoms with Crippen molar-refractivity contribution in [2.75, 3.05) is 6.61 Å².